The molecule has 0 saturated heterocycles. The molecule has 0 unspecified atom stereocenters. The van der Waals surface area contributed by atoms with Crippen LogP contribution in [0.2, 0.25) is 5.02 Å². The number of sulfone groups is 1. The lowest BCUT2D eigenvalue weighted by Gasteiger charge is -2.09. The monoisotopic (exact) mass is 339 g/mol. The van der Waals surface area contributed by atoms with E-state index in [-0.39, 0.29) is 5.75 Å². The largest absolute Gasteiger partial charge is 0.492 e. The molecule has 2 aromatic carbocycles. The number of hydrogen-bond acceptors (Lipinski definition) is 4. The average molecular weight is 340 g/mol. The van der Waals surface area contributed by atoms with Gasteiger partial charge >= 0.3 is 0 Å². The first-order chi connectivity index (χ1) is 10.5. The van der Waals surface area contributed by atoms with Gasteiger partial charge in [-0.15, -0.1) is 0 Å². The third kappa shape index (κ3) is 4.64. The summed E-state index contributed by atoms with van der Waals surface area (Å²) < 4.78 is 29.0. The second-order valence-electron chi connectivity index (χ2n) is 4.66. The van der Waals surface area contributed by atoms with Crippen molar-refractivity contribution in [2.75, 3.05) is 24.2 Å². The summed E-state index contributed by atoms with van der Waals surface area (Å²) in [5, 5.41) is 3.85. The maximum absolute atomic E-state index is 11.7. The zero-order valence-corrected chi connectivity index (χ0v) is 13.8. The molecule has 0 aromatic heterocycles. The smallest absolute Gasteiger partial charge is 0.178 e. The van der Waals surface area contributed by atoms with Crippen LogP contribution in [0.1, 0.15) is 6.92 Å². The molecule has 2 aromatic rings. The molecule has 22 heavy (non-hydrogen) atoms. The summed E-state index contributed by atoms with van der Waals surface area (Å²) in [6.45, 7) is 2.74. The highest BCUT2D eigenvalue weighted by molar-refractivity contribution is 7.91. The molecule has 0 saturated carbocycles. The van der Waals surface area contributed by atoms with E-state index in [0.717, 1.165) is 11.4 Å². The first-order valence-electron chi connectivity index (χ1n) is 6.96. The van der Waals surface area contributed by atoms with Crippen molar-refractivity contribution in [1.82, 2.24) is 0 Å². The summed E-state index contributed by atoms with van der Waals surface area (Å²) in [5.41, 5.74) is 0.856. The minimum atomic E-state index is -3.14. The molecule has 0 aliphatic carbocycles. The number of ether oxygens (including phenoxy) is 1. The number of hydrogen-bond donors (Lipinski definition) is 1. The lowest BCUT2D eigenvalue weighted by atomic mass is 10.3. The quantitative estimate of drug-likeness (QED) is 0.783. The second-order valence-corrected chi connectivity index (χ2v) is 7.37. The van der Waals surface area contributed by atoms with Gasteiger partial charge in [-0.25, -0.2) is 8.42 Å². The van der Waals surface area contributed by atoms with Crippen molar-refractivity contribution in [1.29, 1.82) is 0 Å². The molecular weight excluding hydrogens is 322 g/mol. The Bertz CT molecular complexity index is 697. The molecule has 0 heterocycles. The lowest BCUT2D eigenvalue weighted by molar-refractivity contribution is 0.333. The molecule has 0 amide bonds. The summed E-state index contributed by atoms with van der Waals surface area (Å²) in [5.74, 6) is 0.866. The van der Waals surface area contributed by atoms with E-state index >= 15 is 0 Å². The molecule has 2 rings (SSSR count). The zero-order valence-electron chi connectivity index (χ0n) is 12.3. The van der Waals surface area contributed by atoms with Gasteiger partial charge in [0, 0.05) is 17.3 Å². The maximum Gasteiger partial charge on any atom is 0.178 e. The van der Waals surface area contributed by atoms with E-state index in [9.17, 15) is 8.42 Å². The van der Waals surface area contributed by atoms with Gasteiger partial charge in [0.05, 0.1) is 10.6 Å². The Morgan fingerprint density at radius 2 is 1.68 bits per heavy atom. The molecule has 118 valence electrons. The van der Waals surface area contributed by atoms with Gasteiger partial charge in [0.1, 0.15) is 12.4 Å². The highest BCUT2D eigenvalue weighted by atomic mass is 35.5. The van der Waals surface area contributed by atoms with Crippen LogP contribution in [0.4, 0.5) is 5.69 Å². The van der Waals surface area contributed by atoms with Gasteiger partial charge in [0.2, 0.25) is 0 Å². The van der Waals surface area contributed by atoms with Gasteiger partial charge < -0.3 is 10.1 Å². The van der Waals surface area contributed by atoms with Crippen LogP contribution in [0.5, 0.6) is 5.75 Å². The van der Waals surface area contributed by atoms with Gasteiger partial charge in [-0.2, -0.15) is 0 Å². The third-order valence-corrected chi connectivity index (χ3v) is 5.11. The first kappa shape index (κ1) is 16.6. The number of benzene rings is 2. The molecule has 1 N–H and O–H groups in total. The minimum Gasteiger partial charge on any atom is -0.492 e. The molecule has 0 atom stereocenters. The van der Waals surface area contributed by atoms with Crippen LogP contribution in [-0.2, 0) is 9.84 Å². The number of anilines is 1. The average Bonchev–Trinajstić information content (AvgIpc) is 2.54. The molecule has 0 radical (unpaired) electrons. The summed E-state index contributed by atoms with van der Waals surface area (Å²) in [6, 6.07) is 13.9. The standard InChI is InChI=1S/C16H18ClNO3S/c1-2-22(19,20)16-9-5-14(6-10-16)18-11-12-21-15-7-3-13(17)4-8-15/h3-10,18H,2,11-12H2,1H3. The van der Waals surface area contributed by atoms with Crippen LogP contribution >= 0.6 is 11.6 Å². The fourth-order valence-corrected chi connectivity index (χ4v) is 2.85. The van der Waals surface area contributed by atoms with Crippen molar-refractivity contribution in [3.63, 3.8) is 0 Å². The van der Waals surface area contributed by atoms with Crippen LogP contribution in [0, 0.1) is 0 Å². The number of halogens is 1. The maximum atomic E-state index is 11.7. The number of rotatable bonds is 7. The third-order valence-electron chi connectivity index (χ3n) is 3.11. The predicted octanol–water partition coefficient (Wildman–Crippen LogP) is 3.62. The Hall–Kier alpha value is -1.72. The Morgan fingerprint density at radius 1 is 1.05 bits per heavy atom. The minimum absolute atomic E-state index is 0.106. The van der Waals surface area contributed by atoms with Gasteiger partial charge in [-0.05, 0) is 48.5 Å². The van der Waals surface area contributed by atoms with E-state index in [1.807, 2.05) is 12.1 Å². The summed E-state index contributed by atoms with van der Waals surface area (Å²) in [6.07, 6.45) is 0. The van der Waals surface area contributed by atoms with Crippen molar-refractivity contribution >= 4 is 27.1 Å². The normalized spacial score (nSPS) is 11.2. The van der Waals surface area contributed by atoms with Crippen LogP contribution < -0.4 is 10.1 Å². The Balaban J connectivity index is 1.81. The molecule has 6 heteroatoms. The highest BCUT2D eigenvalue weighted by Crippen LogP contribution is 2.16. The van der Waals surface area contributed by atoms with Crippen molar-refractivity contribution in [3.8, 4) is 5.75 Å². The first-order valence-corrected chi connectivity index (χ1v) is 8.99. The molecule has 0 spiro atoms. The Kier molecular flexibility index (Phi) is 5.69. The van der Waals surface area contributed by atoms with Gasteiger partial charge in [0.15, 0.2) is 9.84 Å². The Morgan fingerprint density at radius 3 is 2.27 bits per heavy atom. The highest BCUT2D eigenvalue weighted by Gasteiger charge is 2.10. The van der Waals surface area contributed by atoms with Crippen molar-refractivity contribution in [3.05, 3.63) is 53.6 Å². The molecule has 4 nitrogen and oxygen atoms in total. The lowest BCUT2D eigenvalue weighted by Crippen LogP contribution is -2.11. The van der Waals surface area contributed by atoms with Crippen LogP contribution in [0.25, 0.3) is 0 Å². The summed E-state index contributed by atoms with van der Waals surface area (Å²) in [4.78, 5) is 0.345. The Labute approximate surface area is 136 Å². The van der Waals surface area contributed by atoms with E-state index in [0.29, 0.717) is 23.1 Å². The van der Waals surface area contributed by atoms with Gasteiger partial charge in [-0.1, -0.05) is 18.5 Å². The fraction of sp³-hybridized carbons (Fsp3) is 0.250. The van der Waals surface area contributed by atoms with E-state index in [1.54, 1.807) is 43.3 Å². The van der Waals surface area contributed by atoms with Crippen LogP contribution in [-0.4, -0.2) is 27.3 Å². The SMILES string of the molecule is CCS(=O)(=O)c1ccc(NCCOc2ccc(Cl)cc2)cc1. The number of nitrogens with one attached hydrogen (secondary N) is 1. The van der Waals surface area contributed by atoms with E-state index in [4.69, 9.17) is 16.3 Å². The molecule has 0 fully saturated rings. The molecule has 0 aliphatic heterocycles. The molecule has 0 aliphatic rings. The van der Waals surface area contributed by atoms with Crippen molar-refractivity contribution in [2.24, 2.45) is 0 Å². The van der Waals surface area contributed by atoms with Crippen LogP contribution in [0.15, 0.2) is 53.4 Å². The van der Waals surface area contributed by atoms with E-state index < -0.39 is 9.84 Å². The predicted molar refractivity (Wildman–Crippen MR) is 89.6 cm³/mol. The van der Waals surface area contributed by atoms with Crippen molar-refractivity contribution < 1.29 is 13.2 Å². The van der Waals surface area contributed by atoms with E-state index in [2.05, 4.69) is 5.32 Å². The summed E-state index contributed by atoms with van der Waals surface area (Å²) >= 11 is 5.80. The molecule has 0 bridgehead atoms. The summed E-state index contributed by atoms with van der Waals surface area (Å²) in [7, 11) is -3.14. The van der Waals surface area contributed by atoms with Gasteiger partial charge in [0.25, 0.3) is 0 Å². The topological polar surface area (TPSA) is 55.4 Å². The van der Waals surface area contributed by atoms with Gasteiger partial charge in [-0.3, -0.25) is 0 Å². The second kappa shape index (κ2) is 7.51. The van der Waals surface area contributed by atoms with E-state index in [1.165, 1.54) is 0 Å². The van der Waals surface area contributed by atoms with Crippen LogP contribution in [0.3, 0.4) is 0 Å². The molecular formula is C16H18ClNO3S. The fourth-order valence-electron chi connectivity index (χ4n) is 1.84. The van der Waals surface area contributed by atoms with Crippen molar-refractivity contribution in [2.45, 2.75) is 11.8 Å². The zero-order chi connectivity index (χ0) is 16.0.